The van der Waals surface area contributed by atoms with Crippen molar-refractivity contribution in [3.63, 3.8) is 0 Å². The Morgan fingerprint density at radius 3 is 2.10 bits per heavy atom. The van der Waals surface area contributed by atoms with Gasteiger partial charge in [-0.05, 0) is 38.5 Å². The summed E-state index contributed by atoms with van der Waals surface area (Å²) in [4.78, 5) is 24.6. The smallest absolute Gasteiger partial charge is 0.411 e. The van der Waals surface area contributed by atoms with Gasteiger partial charge in [0.05, 0.1) is 7.11 Å². The van der Waals surface area contributed by atoms with Crippen molar-refractivity contribution in [2.24, 2.45) is 0 Å². The zero-order valence-electron chi connectivity index (χ0n) is 12.9. The van der Waals surface area contributed by atoms with Crippen LogP contribution >= 0.6 is 0 Å². The third-order valence-electron chi connectivity index (χ3n) is 2.73. The van der Waals surface area contributed by atoms with Crippen LogP contribution < -0.4 is 4.74 Å². The van der Waals surface area contributed by atoms with Crippen LogP contribution in [0.3, 0.4) is 0 Å². The van der Waals surface area contributed by atoms with Crippen molar-refractivity contribution < 1.29 is 24.2 Å². The maximum Gasteiger partial charge on any atom is 0.411 e. The van der Waals surface area contributed by atoms with E-state index in [-0.39, 0.29) is 0 Å². The molecule has 116 valence electrons. The number of amides is 1. The van der Waals surface area contributed by atoms with Crippen molar-refractivity contribution in [3.8, 4) is 5.75 Å². The van der Waals surface area contributed by atoms with E-state index in [9.17, 15) is 14.7 Å². The summed E-state index contributed by atoms with van der Waals surface area (Å²) in [6.45, 7) is 5.17. The van der Waals surface area contributed by atoms with Gasteiger partial charge in [0, 0.05) is 7.05 Å². The third-order valence-corrected chi connectivity index (χ3v) is 2.73. The van der Waals surface area contributed by atoms with Gasteiger partial charge in [0.25, 0.3) is 0 Å². The van der Waals surface area contributed by atoms with Crippen molar-refractivity contribution in [2.45, 2.75) is 32.4 Å². The van der Waals surface area contributed by atoms with Crippen LogP contribution in [0.2, 0.25) is 0 Å². The second-order valence-electron chi connectivity index (χ2n) is 5.61. The van der Waals surface area contributed by atoms with Gasteiger partial charge in [-0.2, -0.15) is 0 Å². The topological polar surface area (TPSA) is 76.1 Å². The largest absolute Gasteiger partial charge is 0.497 e. The highest BCUT2D eigenvalue weighted by Gasteiger charge is 2.31. The molecule has 0 aliphatic heterocycles. The molecule has 0 spiro atoms. The summed E-state index contributed by atoms with van der Waals surface area (Å²) in [5.41, 5.74) is -0.217. The number of carbonyl (C=O) groups excluding carboxylic acids is 1. The summed E-state index contributed by atoms with van der Waals surface area (Å²) in [5.74, 6) is -0.517. The van der Waals surface area contributed by atoms with Gasteiger partial charge in [-0.3, -0.25) is 4.90 Å². The molecule has 6 heteroatoms. The van der Waals surface area contributed by atoms with Crippen molar-refractivity contribution in [1.29, 1.82) is 0 Å². The summed E-state index contributed by atoms with van der Waals surface area (Å²) in [5, 5.41) is 9.39. The maximum absolute atomic E-state index is 12.0. The highest BCUT2D eigenvalue weighted by molar-refractivity contribution is 5.81. The van der Waals surface area contributed by atoms with Crippen molar-refractivity contribution in [3.05, 3.63) is 29.8 Å². The Labute approximate surface area is 124 Å². The average molecular weight is 295 g/mol. The SMILES string of the molecule is COc1ccc([C@@H](C(=O)O)N(C)C(=O)OC(C)(C)C)cc1. The summed E-state index contributed by atoms with van der Waals surface area (Å²) in [6, 6.07) is 5.39. The molecule has 0 bridgehead atoms. The van der Waals surface area contributed by atoms with Gasteiger partial charge in [0.1, 0.15) is 11.4 Å². The van der Waals surface area contributed by atoms with Gasteiger partial charge in [-0.15, -0.1) is 0 Å². The van der Waals surface area contributed by atoms with E-state index in [2.05, 4.69) is 0 Å². The van der Waals surface area contributed by atoms with Crippen LogP contribution in [0.1, 0.15) is 32.4 Å². The lowest BCUT2D eigenvalue weighted by Gasteiger charge is -2.28. The molecule has 1 aromatic rings. The molecule has 1 atom stereocenters. The van der Waals surface area contributed by atoms with E-state index in [0.717, 1.165) is 4.90 Å². The number of nitrogens with zero attached hydrogens (tertiary/aromatic N) is 1. The van der Waals surface area contributed by atoms with Crippen LogP contribution in [0.15, 0.2) is 24.3 Å². The molecule has 1 N–H and O–H groups in total. The number of carbonyl (C=O) groups is 2. The molecule has 0 aliphatic rings. The Morgan fingerprint density at radius 2 is 1.71 bits per heavy atom. The van der Waals surface area contributed by atoms with Crippen LogP contribution in [-0.4, -0.2) is 41.8 Å². The summed E-state index contributed by atoms with van der Waals surface area (Å²) in [7, 11) is 2.92. The predicted octanol–water partition coefficient (Wildman–Crippen LogP) is 2.69. The number of rotatable bonds is 4. The van der Waals surface area contributed by atoms with Gasteiger partial charge in [0.15, 0.2) is 6.04 Å². The summed E-state index contributed by atoms with van der Waals surface area (Å²) >= 11 is 0. The second kappa shape index (κ2) is 6.47. The molecule has 0 fully saturated rings. The Hall–Kier alpha value is -2.24. The molecule has 1 amide bonds. The normalized spacial score (nSPS) is 12.4. The number of benzene rings is 1. The van der Waals surface area contributed by atoms with Crippen molar-refractivity contribution >= 4 is 12.1 Å². The molecule has 0 aliphatic carbocycles. The maximum atomic E-state index is 12.0. The predicted molar refractivity (Wildman–Crippen MR) is 77.4 cm³/mol. The fourth-order valence-electron chi connectivity index (χ4n) is 1.76. The monoisotopic (exact) mass is 295 g/mol. The molecule has 21 heavy (non-hydrogen) atoms. The van der Waals surface area contributed by atoms with Crippen molar-refractivity contribution in [2.75, 3.05) is 14.2 Å². The van der Waals surface area contributed by atoms with Crippen LogP contribution in [0.4, 0.5) is 4.79 Å². The number of likely N-dealkylation sites (N-methyl/N-ethyl adjacent to an activating group) is 1. The number of ether oxygens (including phenoxy) is 2. The van der Waals surface area contributed by atoms with Crippen LogP contribution in [-0.2, 0) is 9.53 Å². The lowest BCUT2D eigenvalue weighted by molar-refractivity contribution is -0.142. The lowest BCUT2D eigenvalue weighted by atomic mass is 10.1. The van der Waals surface area contributed by atoms with Gasteiger partial charge in [0.2, 0.25) is 0 Å². The Morgan fingerprint density at radius 1 is 1.19 bits per heavy atom. The first-order chi connectivity index (χ1) is 9.65. The number of aliphatic carboxylic acids is 1. The second-order valence-corrected chi connectivity index (χ2v) is 5.61. The van der Waals surface area contributed by atoms with Gasteiger partial charge < -0.3 is 14.6 Å². The van der Waals surface area contributed by atoms with Gasteiger partial charge in [-0.1, -0.05) is 12.1 Å². The van der Waals surface area contributed by atoms with E-state index < -0.39 is 23.7 Å². The molecule has 0 aromatic heterocycles. The van der Waals surface area contributed by atoms with E-state index in [0.29, 0.717) is 11.3 Å². The zero-order chi connectivity index (χ0) is 16.2. The number of methoxy groups -OCH3 is 1. The lowest BCUT2D eigenvalue weighted by Crippen LogP contribution is -2.39. The molecule has 6 nitrogen and oxygen atoms in total. The fraction of sp³-hybridized carbons (Fsp3) is 0.467. The zero-order valence-corrected chi connectivity index (χ0v) is 12.9. The van der Waals surface area contributed by atoms with Gasteiger partial charge >= 0.3 is 12.1 Å². The standard InChI is InChI=1S/C15H21NO5/c1-15(2,3)21-14(19)16(4)12(13(17)18)10-6-8-11(20-5)9-7-10/h6-9,12H,1-5H3,(H,17,18)/t12-/m0/s1. The molecular formula is C15H21NO5. The molecule has 0 saturated carbocycles. The first-order valence-electron chi connectivity index (χ1n) is 6.48. The first-order valence-corrected chi connectivity index (χ1v) is 6.48. The van der Waals surface area contributed by atoms with Crippen LogP contribution in [0.5, 0.6) is 5.75 Å². The average Bonchev–Trinajstić information content (AvgIpc) is 2.37. The van der Waals surface area contributed by atoms with Crippen molar-refractivity contribution in [1.82, 2.24) is 4.90 Å². The van der Waals surface area contributed by atoms with E-state index in [1.54, 1.807) is 45.0 Å². The van der Waals surface area contributed by atoms with Crippen LogP contribution in [0, 0.1) is 0 Å². The Kier molecular flexibility index (Phi) is 5.18. The minimum absolute atomic E-state index is 0.469. The van der Waals surface area contributed by atoms with E-state index in [4.69, 9.17) is 9.47 Å². The number of carboxylic acid groups (broad SMARTS) is 1. The molecule has 0 radical (unpaired) electrons. The van der Waals surface area contributed by atoms with E-state index in [1.807, 2.05) is 0 Å². The summed E-state index contributed by atoms with van der Waals surface area (Å²) in [6.07, 6.45) is -0.689. The highest BCUT2D eigenvalue weighted by atomic mass is 16.6. The Balaban J connectivity index is 3.00. The molecule has 1 rings (SSSR count). The molecule has 0 unspecified atom stereocenters. The van der Waals surface area contributed by atoms with E-state index in [1.165, 1.54) is 14.2 Å². The Bertz CT molecular complexity index is 504. The third kappa shape index (κ3) is 4.66. The summed E-state index contributed by atoms with van der Waals surface area (Å²) < 4.78 is 10.2. The highest BCUT2D eigenvalue weighted by Crippen LogP contribution is 2.24. The molecular weight excluding hydrogens is 274 g/mol. The number of carboxylic acids is 1. The van der Waals surface area contributed by atoms with E-state index >= 15 is 0 Å². The minimum Gasteiger partial charge on any atom is -0.497 e. The molecule has 1 aromatic carbocycles. The minimum atomic E-state index is -1.13. The molecule has 0 saturated heterocycles. The quantitative estimate of drug-likeness (QED) is 0.924. The first kappa shape index (κ1) is 16.8. The molecule has 0 heterocycles. The fourth-order valence-corrected chi connectivity index (χ4v) is 1.76. The van der Waals surface area contributed by atoms with Crippen LogP contribution in [0.25, 0.3) is 0 Å². The number of hydrogen-bond acceptors (Lipinski definition) is 4. The number of hydrogen-bond donors (Lipinski definition) is 1. The van der Waals surface area contributed by atoms with Gasteiger partial charge in [-0.25, -0.2) is 9.59 Å².